The lowest BCUT2D eigenvalue weighted by atomic mass is 9.97. The first-order valence-electron chi connectivity index (χ1n) is 10.1. The minimum atomic E-state index is 0.0109. The average Bonchev–Trinajstić information content (AvgIpc) is 3.38. The van der Waals surface area contributed by atoms with Gasteiger partial charge in [0.1, 0.15) is 0 Å². The van der Waals surface area contributed by atoms with Crippen molar-refractivity contribution in [2.75, 3.05) is 13.1 Å². The number of hydrogen-bond acceptors (Lipinski definition) is 4. The molecular weight excluding hydrogens is 460 g/mol. The highest BCUT2D eigenvalue weighted by molar-refractivity contribution is 9.10. The molecule has 5 nitrogen and oxygen atoms in total. The summed E-state index contributed by atoms with van der Waals surface area (Å²) in [6.45, 7) is 3.60. The molecule has 0 saturated carbocycles. The number of aryl methyl sites for hydroxylation is 1. The number of piperidine rings is 1. The zero-order valence-corrected chi connectivity index (χ0v) is 19.0. The SMILES string of the molecule is Cc1sc(C2CCN(C(=O)c3n[nH]c4ccccc34)CC2)nc1-c1ccc(Br)cc1. The molecule has 0 unspecified atom stereocenters. The van der Waals surface area contributed by atoms with Crippen LogP contribution in [0.4, 0.5) is 0 Å². The molecule has 1 saturated heterocycles. The van der Waals surface area contributed by atoms with E-state index in [0.717, 1.165) is 52.6 Å². The number of thiazole rings is 1. The molecule has 1 aliphatic rings. The molecule has 2 aromatic carbocycles. The van der Waals surface area contributed by atoms with Crippen LogP contribution in [0, 0.1) is 6.92 Å². The molecule has 0 spiro atoms. The van der Waals surface area contributed by atoms with Gasteiger partial charge in [0.15, 0.2) is 5.69 Å². The van der Waals surface area contributed by atoms with Crippen LogP contribution < -0.4 is 0 Å². The first kappa shape index (κ1) is 19.5. The smallest absolute Gasteiger partial charge is 0.274 e. The van der Waals surface area contributed by atoms with E-state index in [1.807, 2.05) is 29.2 Å². The second kappa shape index (κ2) is 7.96. The number of para-hydroxylation sites is 1. The Kier molecular flexibility index (Phi) is 5.16. The van der Waals surface area contributed by atoms with Gasteiger partial charge in [0.05, 0.1) is 16.2 Å². The number of hydrogen-bond donors (Lipinski definition) is 1. The van der Waals surface area contributed by atoms with Crippen molar-refractivity contribution in [2.24, 2.45) is 0 Å². The fourth-order valence-electron chi connectivity index (χ4n) is 4.07. The summed E-state index contributed by atoms with van der Waals surface area (Å²) in [5, 5.41) is 9.31. The van der Waals surface area contributed by atoms with Gasteiger partial charge >= 0.3 is 0 Å². The lowest BCUT2D eigenvalue weighted by molar-refractivity contribution is 0.0709. The van der Waals surface area contributed by atoms with Crippen LogP contribution in [0.2, 0.25) is 0 Å². The summed E-state index contributed by atoms with van der Waals surface area (Å²) in [5.41, 5.74) is 3.64. The number of aromatic amines is 1. The van der Waals surface area contributed by atoms with Gasteiger partial charge in [-0.05, 0) is 38.0 Å². The summed E-state index contributed by atoms with van der Waals surface area (Å²) < 4.78 is 1.07. The first-order chi connectivity index (χ1) is 14.6. The molecule has 7 heteroatoms. The Morgan fingerprint density at radius 2 is 1.87 bits per heavy atom. The number of carbonyl (C=O) groups excluding carboxylic acids is 1. The second-order valence-corrected chi connectivity index (χ2v) is 9.80. The molecule has 1 N–H and O–H groups in total. The van der Waals surface area contributed by atoms with Gasteiger partial charge < -0.3 is 4.90 Å². The van der Waals surface area contributed by atoms with Crippen molar-refractivity contribution >= 4 is 44.1 Å². The van der Waals surface area contributed by atoms with Crippen molar-refractivity contribution in [3.63, 3.8) is 0 Å². The maximum Gasteiger partial charge on any atom is 0.274 e. The summed E-state index contributed by atoms with van der Waals surface area (Å²) in [6, 6.07) is 16.1. The Balaban J connectivity index is 1.30. The predicted molar refractivity (Wildman–Crippen MR) is 124 cm³/mol. The van der Waals surface area contributed by atoms with Gasteiger partial charge in [-0.15, -0.1) is 11.3 Å². The van der Waals surface area contributed by atoms with Gasteiger partial charge in [-0.3, -0.25) is 9.89 Å². The third-order valence-electron chi connectivity index (χ3n) is 5.74. The highest BCUT2D eigenvalue weighted by Crippen LogP contribution is 2.36. The number of nitrogens with one attached hydrogen (secondary N) is 1. The number of halogens is 1. The van der Waals surface area contributed by atoms with Crippen LogP contribution in [0.3, 0.4) is 0 Å². The lowest BCUT2D eigenvalue weighted by Gasteiger charge is -2.30. The molecule has 2 aromatic heterocycles. The Bertz CT molecular complexity index is 1210. The monoisotopic (exact) mass is 480 g/mol. The van der Waals surface area contributed by atoms with E-state index in [4.69, 9.17) is 4.98 Å². The quantitative estimate of drug-likeness (QED) is 0.404. The molecule has 152 valence electrons. The minimum Gasteiger partial charge on any atom is -0.337 e. The van der Waals surface area contributed by atoms with Gasteiger partial charge in [0, 0.05) is 39.3 Å². The van der Waals surface area contributed by atoms with Crippen LogP contribution in [0.1, 0.15) is 39.1 Å². The number of H-pyrrole nitrogens is 1. The summed E-state index contributed by atoms with van der Waals surface area (Å²) >= 11 is 5.28. The molecule has 5 rings (SSSR count). The van der Waals surface area contributed by atoms with Crippen molar-refractivity contribution in [1.82, 2.24) is 20.1 Å². The number of rotatable bonds is 3. The van der Waals surface area contributed by atoms with Crippen LogP contribution in [-0.2, 0) is 0 Å². The van der Waals surface area contributed by atoms with E-state index < -0.39 is 0 Å². The Morgan fingerprint density at radius 1 is 1.13 bits per heavy atom. The molecule has 1 aliphatic heterocycles. The summed E-state index contributed by atoms with van der Waals surface area (Å²) in [6.07, 6.45) is 1.86. The van der Waals surface area contributed by atoms with Gasteiger partial charge in [-0.1, -0.05) is 46.3 Å². The van der Waals surface area contributed by atoms with Crippen LogP contribution >= 0.6 is 27.3 Å². The van der Waals surface area contributed by atoms with Crippen LogP contribution in [-0.4, -0.2) is 39.1 Å². The fraction of sp³-hybridized carbons (Fsp3) is 0.261. The number of carbonyl (C=O) groups is 1. The number of likely N-dealkylation sites (tertiary alicyclic amines) is 1. The number of aromatic nitrogens is 3. The summed E-state index contributed by atoms with van der Waals surface area (Å²) in [7, 11) is 0. The Hall–Kier alpha value is -2.51. The number of benzene rings is 2. The van der Waals surface area contributed by atoms with Crippen molar-refractivity contribution in [3.8, 4) is 11.3 Å². The molecule has 1 amide bonds. The van der Waals surface area contributed by atoms with E-state index in [2.05, 4.69) is 57.3 Å². The van der Waals surface area contributed by atoms with E-state index in [1.165, 1.54) is 9.88 Å². The van der Waals surface area contributed by atoms with E-state index in [-0.39, 0.29) is 5.91 Å². The summed E-state index contributed by atoms with van der Waals surface area (Å²) in [4.78, 5) is 21.2. The Labute approximate surface area is 187 Å². The highest BCUT2D eigenvalue weighted by atomic mass is 79.9. The van der Waals surface area contributed by atoms with Crippen LogP contribution in [0.5, 0.6) is 0 Å². The maximum atomic E-state index is 13.0. The fourth-order valence-corrected chi connectivity index (χ4v) is 5.45. The average molecular weight is 481 g/mol. The van der Waals surface area contributed by atoms with E-state index in [1.54, 1.807) is 11.3 Å². The van der Waals surface area contributed by atoms with Crippen LogP contribution in [0.25, 0.3) is 22.2 Å². The molecule has 0 aliphatic carbocycles. The number of amides is 1. The molecule has 1 fully saturated rings. The minimum absolute atomic E-state index is 0.0109. The maximum absolute atomic E-state index is 13.0. The largest absolute Gasteiger partial charge is 0.337 e. The van der Waals surface area contributed by atoms with Crippen LogP contribution in [0.15, 0.2) is 53.0 Å². The van der Waals surface area contributed by atoms with Crippen molar-refractivity contribution in [3.05, 3.63) is 68.6 Å². The zero-order valence-electron chi connectivity index (χ0n) is 16.6. The molecule has 0 bridgehead atoms. The third kappa shape index (κ3) is 3.56. The van der Waals surface area contributed by atoms with Gasteiger partial charge in [-0.2, -0.15) is 5.10 Å². The normalized spacial score (nSPS) is 15.1. The van der Waals surface area contributed by atoms with Gasteiger partial charge in [0.2, 0.25) is 0 Å². The summed E-state index contributed by atoms with van der Waals surface area (Å²) in [5.74, 6) is 0.412. The molecular formula is C23H21BrN4OS. The second-order valence-electron chi connectivity index (χ2n) is 7.65. The molecule has 4 aromatic rings. The van der Waals surface area contributed by atoms with Crippen molar-refractivity contribution in [1.29, 1.82) is 0 Å². The predicted octanol–water partition coefficient (Wildman–Crippen LogP) is 5.78. The number of fused-ring (bicyclic) bond motifs is 1. The Morgan fingerprint density at radius 3 is 2.63 bits per heavy atom. The van der Waals surface area contributed by atoms with E-state index in [0.29, 0.717) is 11.6 Å². The molecule has 0 atom stereocenters. The first-order valence-corrected chi connectivity index (χ1v) is 11.7. The zero-order chi connectivity index (χ0) is 20.7. The van der Waals surface area contributed by atoms with Crippen molar-refractivity contribution < 1.29 is 4.79 Å². The third-order valence-corrected chi connectivity index (χ3v) is 7.40. The van der Waals surface area contributed by atoms with Crippen molar-refractivity contribution in [2.45, 2.75) is 25.7 Å². The molecule has 0 radical (unpaired) electrons. The standard InChI is InChI=1S/C23H21BrN4OS/c1-14-20(15-6-8-17(24)9-7-15)25-22(30-14)16-10-12-28(13-11-16)23(29)21-18-4-2-3-5-19(18)26-27-21/h2-9,16H,10-13H2,1H3,(H,26,27). The molecule has 30 heavy (non-hydrogen) atoms. The molecule has 3 heterocycles. The van der Waals surface area contributed by atoms with E-state index >= 15 is 0 Å². The number of nitrogens with zero attached hydrogens (tertiary/aromatic N) is 3. The lowest BCUT2D eigenvalue weighted by Crippen LogP contribution is -2.38. The topological polar surface area (TPSA) is 61.9 Å². The van der Waals surface area contributed by atoms with Gasteiger partial charge in [0.25, 0.3) is 5.91 Å². The van der Waals surface area contributed by atoms with Gasteiger partial charge in [-0.25, -0.2) is 4.98 Å². The van der Waals surface area contributed by atoms with E-state index in [9.17, 15) is 4.79 Å². The highest BCUT2D eigenvalue weighted by Gasteiger charge is 2.28.